The molecular formula is C20H25BrF2N2O5S2. The van der Waals surface area contributed by atoms with Gasteiger partial charge in [0.15, 0.2) is 11.6 Å². The predicted molar refractivity (Wildman–Crippen MR) is 121 cm³/mol. The monoisotopic (exact) mass is 554 g/mol. The molecule has 2 aromatic rings. The zero-order chi connectivity index (χ0) is 24.2. The van der Waals surface area contributed by atoms with Gasteiger partial charge < -0.3 is 4.18 Å². The van der Waals surface area contributed by atoms with Crippen molar-refractivity contribution in [1.82, 2.24) is 9.44 Å². The Morgan fingerprint density at radius 1 is 1.03 bits per heavy atom. The van der Waals surface area contributed by atoms with Crippen molar-refractivity contribution in [2.75, 3.05) is 0 Å². The summed E-state index contributed by atoms with van der Waals surface area (Å²) in [5.41, 5.74) is -1.01. The van der Waals surface area contributed by atoms with Crippen LogP contribution in [-0.4, -0.2) is 28.4 Å². The number of hydrogen-bond donors (Lipinski definition) is 2. The maximum absolute atomic E-state index is 13.7. The van der Waals surface area contributed by atoms with Gasteiger partial charge in [0, 0.05) is 16.1 Å². The van der Waals surface area contributed by atoms with Gasteiger partial charge in [0.25, 0.3) is 0 Å². The van der Waals surface area contributed by atoms with Crippen molar-refractivity contribution >= 4 is 36.3 Å². The number of halogens is 3. The Kier molecular flexibility index (Phi) is 8.79. The summed E-state index contributed by atoms with van der Waals surface area (Å²) in [5, 5.41) is 0. The predicted octanol–water partition coefficient (Wildman–Crippen LogP) is 4.26. The van der Waals surface area contributed by atoms with Crippen LogP contribution in [0.3, 0.4) is 0 Å². The topological polar surface area (TPSA) is 102 Å². The van der Waals surface area contributed by atoms with Gasteiger partial charge in [0.05, 0.1) is 4.90 Å². The minimum atomic E-state index is -4.50. The van der Waals surface area contributed by atoms with Crippen LogP contribution < -0.4 is 13.6 Å². The first-order valence-corrected chi connectivity index (χ1v) is 13.3. The summed E-state index contributed by atoms with van der Waals surface area (Å²) >= 11 is 3.25. The van der Waals surface area contributed by atoms with E-state index in [4.69, 9.17) is 0 Å². The van der Waals surface area contributed by atoms with E-state index < -0.39 is 49.3 Å². The Morgan fingerprint density at radius 3 is 2.16 bits per heavy atom. The molecule has 178 valence electrons. The van der Waals surface area contributed by atoms with Gasteiger partial charge in [-0.05, 0) is 70.0 Å². The first-order chi connectivity index (χ1) is 14.7. The van der Waals surface area contributed by atoms with Crippen molar-refractivity contribution in [2.24, 2.45) is 0 Å². The molecule has 1 unspecified atom stereocenters. The molecule has 12 heteroatoms. The standard InChI is InChI=1S/C20H25BrF2N2O5S2/c1-14(24-31(26,27)16-11-9-15(21)10-12-16)6-5-13-20(2,3)25-32(28,29)30-19-17(22)7-4-8-18(19)23/h4,7-12,14,24-25H,5-6,13H2,1-3H3. The molecule has 1 atom stereocenters. The van der Waals surface area contributed by atoms with E-state index in [0.29, 0.717) is 19.3 Å². The Hall–Kier alpha value is -1.60. The molecule has 32 heavy (non-hydrogen) atoms. The van der Waals surface area contributed by atoms with Gasteiger partial charge in [-0.1, -0.05) is 28.4 Å². The van der Waals surface area contributed by atoms with E-state index in [0.717, 1.165) is 22.7 Å². The number of sulfonamides is 1. The van der Waals surface area contributed by atoms with Crippen LogP contribution in [0.2, 0.25) is 0 Å². The number of para-hydroxylation sites is 1. The second-order valence-electron chi connectivity index (χ2n) is 7.94. The number of rotatable bonds is 11. The summed E-state index contributed by atoms with van der Waals surface area (Å²) in [4.78, 5) is 0.137. The highest BCUT2D eigenvalue weighted by Crippen LogP contribution is 2.24. The summed E-state index contributed by atoms with van der Waals surface area (Å²) in [6.07, 6.45) is 1.22. The Balaban J connectivity index is 1.90. The Labute approximate surface area is 196 Å². The lowest BCUT2D eigenvalue weighted by molar-refractivity contribution is 0.363. The second kappa shape index (κ2) is 10.6. The SMILES string of the molecule is CC(CCCC(C)(C)NS(=O)(=O)Oc1c(F)cccc1F)NS(=O)(=O)c1ccc(Br)cc1. The number of benzene rings is 2. The van der Waals surface area contributed by atoms with Gasteiger partial charge in [-0.15, -0.1) is 0 Å². The summed E-state index contributed by atoms with van der Waals surface area (Å²) < 4.78 is 86.8. The molecule has 0 aliphatic carbocycles. The van der Waals surface area contributed by atoms with E-state index in [1.165, 1.54) is 12.1 Å². The van der Waals surface area contributed by atoms with Crippen LogP contribution in [0.5, 0.6) is 5.75 Å². The molecule has 0 radical (unpaired) electrons. The molecule has 0 saturated carbocycles. The number of nitrogens with one attached hydrogen (secondary N) is 2. The zero-order valence-corrected chi connectivity index (χ0v) is 21.0. The minimum absolute atomic E-state index is 0.137. The highest BCUT2D eigenvalue weighted by atomic mass is 79.9. The molecule has 0 aliphatic rings. The van der Waals surface area contributed by atoms with Gasteiger partial charge in [0.1, 0.15) is 0 Å². The molecule has 0 fully saturated rings. The van der Waals surface area contributed by atoms with Crippen LogP contribution in [0.1, 0.15) is 40.0 Å². The third-order valence-electron chi connectivity index (χ3n) is 4.43. The van der Waals surface area contributed by atoms with Crippen LogP contribution in [0.25, 0.3) is 0 Å². The van der Waals surface area contributed by atoms with E-state index in [2.05, 4.69) is 29.6 Å². The lowest BCUT2D eigenvalue weighted by atomic mass is 9.97. The maximum atomic E-state index is 13.7. The average molecular weight is 555 g/mol. The smallest absolute Gasteiger partial charge is 0.365 e. The molecule has 0 aromatic heterocycles. The van der Waals surface area contributed by atoms with Crippen molar-refractivity contribution in [3.05, 3.63) is 58.6 Å². The molecule has 2 N–H and O–H groups in total. The molecule has 0 aliphatic heterocycles. The summed E-state index contributed by atoms with van der Waals surface area (Å²) in [6.45, 7) is 4.88. The fraction of sp³-hybridized carbons (Fsp3) is 0.400. The van der Waals surface area contributed by atoms with Crippen LogP contribution in [0, 0.1) is 11.6 Å². The Morgan fingerprint density at radius 2 is 1.59 bits per heavy atom. The highest BCUT2D eigenvalue weighted by molar-refractivity contribution is 9.10. The first-order valence-electron chi connectivity index (χ1n) is 9.66. The van der Waals surface area contributed by atoms with Crippen LogP contribution >= 0.6 is 15.9 Å². The lowest BCUT2D eigenvalue weighted by Gasteiger charge is -2.26. The Bertz CT molecular complexity index is 1120. The van der Waals surface area contributed by atoms with Gasteiger partial charge in [0.2, 0.25) is 15.8 Å². The van der Waals surface area contributed by atoms with Crippen molar-refractivity contribution in [1.29, 1.82) is 0 Å². The molecular weight excluding hydrogens is 530 g/mol. The molecule has 0 saturated heterocycles. The molecule has 2 rings (SSSR count). The van der Waals surface area contributed by atoms with E-state index in [1.807, 2.05) is 0 Å². The van der Waals surface area contributed by atoms with Gasteiger partial charge in [-0.25, -0.2) is 21.9 Å². The van der Waals surface area contributed by atoms with Crippen molar-refractivity contribution in [3.8, 4) is 5.75 Å². The van der Waals surface area contributed by atoms with Crippen LogP contribution in [0.15, 0.2) is 51.8 Å². The molecule has 0 spiro atoms. The highest BCUT2D eigenvalue weighted by Gasteiger charge is 2.28. The number of hydrogen-bond acceptors (Lipinski definition) is 5. The molecule has 0 amide bonds. The largest absolute Gasteiger partial charge is 0.383 e. The van der Waals surface area contributed by atoms with Crippen molar-refractivity contribution in [2.45, 2.75) is 56.5 Å². The quantitative estimate of drug-likeness (QED) is 0.432. The summed E-state index contributed by atoms with van der Waals surface area (Å²) in [5.74, 6) is -3.29. The first kappa shape index (κ1) is 26.7. The van der Waals surface area contributed by atoms with Crippen LogP contribution in [0.4, 0.5) is 8.78 Å². The van der Waals surface area contributed by atoms with Crippen molar-refractivity contribution < 1.29 is 29.8 Å². The van der Waals surface area contributed by atoms with E-state index in [9.17, 15) is 25.6 Å². The third-order valence-corrected chi connectivity index (χ3v) is 7.76. The fourth-order valence-corrected chi connectivity index (χ4v) is 5.68. The molecule has 0 bridgehead atoms. The van der Waals surface area contributed by atoms with Crippen LogP contribution in [-0.2, 0) is 20.3 Å². The van der Waals surface area contributed by atoms with Crippen molar-refractivity contribution in [3.63, 3.8) is 0 Å². The fourth-order valence-electron chi connectivity index (χ4n) is 2.94. The van der Waals surface area contributed by atoms with Gasteiger partial charge in [-0.3, -0.25) is 0 Å². The third kappa shape index (κ3) is 8.07. The average Bonchev–Trinajstić information content (AvgIpc) is 2.63. The molecule has 2 aromatic carbocycles. The zero-order valence-electron chi connectivity index (χ0n) is 17.7. The van der Waals surface area contributed by atoms with E-state index in [-0.39, 0.29) is 4.90 Å². The normalized spacial score (nSPS) is 13.7. The molecule has 0 heterocycles. The maximum Gasteiger partial charge on any atom is 0.383 e. The summed E-state index contributed by atoms with van der Waals surface area (Å²) in [6, 6.07) is 8.68. The van der Waals surface area contributed by atoms with E-state index >= 15 is 0 Å². The lowest BCUT2D eigenvalue weighted by Crippen LogP contribution is -2.45. The van der Waals surface area contributed by atoms with Gasteiger partial charge in [-0.2, -0.15) is 13.1 Å². The summed E-state index contributed by atoms with van der Waals surface area (Å²) in [7, 11) is -8.19. The molecule has 7 nitrogen and oxygen atoms in total. The minimum Gasteiger partial charge on any atom is -0.365 e. The second-order valence-corrected chi connectivity index (χ2v) is 11.9. The van der Waals surface area contributed by atoms with E-state index in [1.54, 1.807) is 32.9 Å². The van der Waals surface area contributed by atoms with Gasteiger partial charge >= 0.3 is 10.3 Å².